The van der Waals surface area contributed by atoms with Crippen LogP contribution in [0.1, 0.15) is 19.4 Å². The van der Waals surface area contributed by atoms with Gasteiger partial charge in [-0.2, -0.15) is 0 Å². The fourth-order valence-electron chi connectivity index (χ4n) is 4.40. The highest BCUT2D eigenvalue weighted by Crippen LogP contribution is 2.70. The van der Waals surface area contributed by atoms with Gasteiger partial charge in [0.05, 0.1) is 52.3 Å². The average Bonchev–Trinajstić information content (AvgIpc) is 3.30. The SMILES string of the molecule is COC(=O)C1=C(C(=O)OC)SC2(S1)C(C(=O)OC)=C(C(=O)OC)SC1=C2c2cccc(OC)c2NC1(C)C. The summed E-state index contributed by atoms with van der Waals surface area (Å²) in [7, 11) is 6.31. The number of hydrogen-bond donors (Lipinski definition) is 1. The van der Waals surface area contributed by atoms with Gasteiger partial charge in [-0.05, 0) is 19.9 Å². The molecule has 3 heterocycles. The van der Waals surface area contributed by atoms with Gasteiger partial charge in [0, 0.05) is 16.0 Å². The summed E-state index contributed by atoms with van der Waals surface area (Å²) in [5.41, 5.74) is 1.06. The first-order valence-corrected chi connectivity index (χ1v) is 13.5. The lowest BCUT2D eigenvalue weighted by Gasteiger charge is -2.46. The smallest absolute Gasteiger partial charge is 0.345 e. The third-order valence-corrected chi connectivity index (χ3v) is 10.7. The molecule has 4 rings (SSSR count). The largest absolute Gasteiger partial charge is 0.495 e. The van der Waals surface area contributed by atoms with Crippen LogP contribution in [0, 0.1) is 0 Å². The van der Waals surface area contributed by atoms with Crippen LogP contribution in [-0.4, -0.2) is 69.0 Å². The van der Waals surface area contributed by atoms with Crippen molar-refractivity contribution in [1.82, 2.24) is 0 Å². The van der Waals surface area contributed by atoms with E-state index in [0.717, 1.165) is 35.3 Å². The van der Waals surface area contributed by atoms with Crippen LogP contribution in [0.4, 0.5) is 5.69 Å². The van der Waals surface area contributed by atoms with E-state index in [0.29, 0.717) is 27.5 Å². The summed E-state index contributed by atoms with van der Waals surface area (Å²) in [6.45, 7) is 3.83. The Morgan fingerprint density at radius 3 is 1.79 bits per heavy atom. The Morgan fingerprint density at radius 2 is 1.29 bits per heavy atom. The third kappa shape index (κ3) is 4.16. The molecule has 3 aliphatic heterocycles. The molecule has 0 saturated heterocycles. The van der Waals surface area contributed by atoms with E-state index in [-0.39, 0.29) is 20.3 Å². The van der Waals surface area contributed by atoms with Crippen molar-refractivity contribution < 1.29 is 42.9 Å². The Labute approximate surface area is 231 Å². The molecule has 10 nitrogen and oxygen atoms in total. The second-order valence-corrected chi connectivity index (χ2v) is 12.3. The van der Waals surface area contributed by atoms with Crippen LogP contribution in [0.15, 0.2) is 43.4 Å². The number of esters is 4. The van der Waals surface area contributed by atoms with Gasteiger partial charge >= 0.3 is 23.9 Å². The van der Waals surface area contributed by atoms with Crippen molar-refractivity contribution in [2.45, 2.75) is 23.5 Å². The van der Waals surface area contributed by atoms with Crippen molar-refractivity contribution >= 4 is 70.4 Å². The minimum Gasteiger partial charge on any atom is -0.495 e. The summed E-state index contributed by atoms with van der Waals surface area (Å²) in [5.74, 6) is -2.61. The molecule has 38 heavy (non-hydrogen) atoms. The number of ether oxygens (including phenoxy) is 5. The number of methoxy groups -OCH3 is 5. The number of fused-ring (bicyclic) bond motifs is 3. The average molecular weight is 580 g/mol. The maximum absolute atomic E-state index is 13.5. The predicted molar refractivity (Wildman–Crippen MR) is 145 cm³/mol. The molecule has 0 amide bonds. The van der Waals surface area contributed by atoms with Crippen LogP contribution in [0.3, 0.4) is 0 Å². The minimum atomic E-state index is -1.52. The molecule has 0 aromatic heterocycles. The zero-order valence-electron chi connectivity index (χ0n) is 21.6. The number of carbonyl (C=O) groups is 4. The molecule has 3 aliphatic rings. The first kappa shape index (κ1) is 28.0. The van der Waals surface area contributed by atoms with Crippen molar-refractivity contribution in [3.05, 3.63) is 49.0 Å². The van der Waals surface area contributed by atoms with Gasteiger partial charge in [-0.15, -0.1) is 0 Å². The fraction of sp³-hybridized carbons (Fsp3) is 0.360. The normalized spacial score (nSPS) is 18.8. The fourth-order valence-corrected chi connectivity index (χ4v) is 9.42. The molecule has 1 N–H and O–H groups in total. The summed E-state index contributed by atoms with van der Waals surface area (Å²) >= 11 is 2.93. The predicted octanol–water partition coefficient (Wildman–Crippen LogP) is 3.69. The monoisotopic (exact) mass is 579 g/mol. The Hall–Kier alpha value is -3.03. The number of benzene rings is 1. The maximum atomic E-state index is 13.5. The molecule has 1 spiro atoms. The first-order valence-electron chi connectivity index (χ1n) is 11.1. The number of anilines is 1. The molecule has 0 fully saturated rings. The van der Waals surface area contributed by atoms with Crippen molar-refractivity contribution in [3.8, 4) is 5.75 Å². The van der Waals surface area contributed by atoms with Crippen LogP contribution in [0.25, 0.3) is 5.57 Å². The van der Waals surface area contributed by atoms with E-state index in [4.69, 9.17) is 23.7 Å². The van der Waals surface area contributed by atoms with Gasteiger partial charge in [0.1, 0.15) is 24.5 Å². The highest BCUT2D eigenvalue weighted by atomic mass is 32.2. The van der Waals surface area contributed by atoms with E-state index in [9.17, 15) is 19.2 Å². The number of nitrogens with one attached hydrogen (secondary N) is 1. The number of hydrogen-bond acceptors (Lipinski definition) is 13. The van der Waals surface area contributed by atoms with E-state index >= 15 is 0 Å². The number of thioether (sulfide) groups is 3. The Bertz CT molecular complexity index is 1330. The molecule has 0 unspecified atom stereocenters. The molecular weight excluding hydrogens is 554 g/mol. The van der Waals surface area contributed by atoms with Crippen LogP contribution >= 0.6 is 35.3 Å². The zero-order valence-corrected chi connectivity index (χ0v) is 24.1. The van der Waals surface area contributed by atoms with Crippen molar-refractivity contribution in [3.63, 3.8) is 0 Å². The Morgan fingerprint density at radius 1 is 0.763 bits per heavy atom. The second kappa shape index (κ2) is 10.3. The van der Waals surface area contributed by atoms with Gasteiger partial charge < -0.3 is 29.0 Å². The third-order valence-electron chi connectivity index (χ3n) is 6.04. The molecule has 0 radical (unpaired) electrons. The van der Waals surface area contributed by atoms with Crippen molar-refractivity contribution in [2.75, 3.05) is 40.9 Å². The van der Waals surface area contributed by atoms with E-state index in [1.807, 2.05) is 19.9 Å². The number of rotatable bonds is 5. The molecule has 1 aromatic carbocycles. The molecule has 13 heteroatoms. The second-order valence-electron chi connectivity index (χ2n) is 8.59. The zero-order chi connectivity index (χ0) is 28.0. The van der Waals surface area contributed by atoms with E-state index in [1.165, 1.54) is 28.4 Å². The minimum absolute atomic E-state index is 0.0188. The highest BCUT2D eigenvalue weighted by Gasteiger charge is 2.60. The van der Waals surface area contributed by atoms with Gasteiger partial charge in [-0.25, -0.2) is 19.2 Å². The van der Waals surface area contributed by atoms with Crippen molar-refractivity contribution in [1.29, 1.82) is 0 Å². The van der Waals surface area contributed by atoms with E-state index in [1.54, 1.807) is 19.2 Å². The Balaban J connectivity index is 2.14. The van der Waals surface area contributed by atoms with Crippen molar-refractivity contribution in [2.24, 2.45) is 0 Å². The van der Waals surface area contributed by atoms with Gasteiger partial charge in [-0.3, -0.25) is 0 Å². The summed E-state index contributed by atoms with van der Waals surface area (Å²) < 4.78 is 24.3. The molecule has 0 saturated carbocycles. The van der Waals surface area contributed by atoms with Crippen LogP contribution in [0.2, 0.25) is 0 Å². The lowest BCUT2D eigenvalue weighted by molar-refractivity contribution is -0.138. The van der Waals surface area contributed by atoms with Gasteiger partial charge in [-0.1, -0.05) is 47.4 Å². The quantitative estimate of drug-likeness (QED) is 0.403. The molecule has 0 atom stereocenters. The summed E-state index contributed by atoms with van der Waals surface area (Å²) in [6, 6.07) is 5.42. The standard InChI is InChI=1S/C25H25NO9S3/c1-24(2)19-13(11-9-8-10-12(31-3)15(11)26-24)25(14(20(27)32-4)16(36-19)21(28)33-5)37-17(22(29)34-6)18(38-25)23(30)35-7/h8-10,26H,1-7H3. The van der Waals surface area contributed by atoms with Crippen LogP contribution in [-0.2, 0) is 38.1 Å². The van der Waals surface area contributed by atoms with E-state index < -0.39 is 33.5 Å². The van der Waals surface area contributed by atoms with Gasteiger partial charge in [0.25, 0.3) is 0 Å². The lowest BCUT2D eigenvalue weighted by Crippen LogP contribution is -2.44. The molecule has 0 aliphatic carbocycles. The lowest BCUT2D eigenvalue weighted by atomic mass is 9.85. The van der Waals surface area contributed by atoms with E-state index in [2.05, 4.69) is 5.32 Å². The summed E-state index contributed by atoms with van der Waals surface area (Å²) in [5, 5.41) is 3.48. The molecule has 1 aromatic rings. The summed E-state index contributed by atoms with van der Waals surface area (Å²) in [6.07, 6.45) is 0. The number of para-hydroxylation sites is 1. The van der Waals surface area contributed by atoms with Crippen LogP contribution < -0.4 is 10.1 Å². The Kier molecular flexibility index (Phi) is 7.56. The topological polar surface area (TPSA) is 126 Å². The molecule has 0 bridgehead atoms. The van der Waals surface area contributed by atoms with Crippen LogP contribution in [0.5, 0.6) is 5.75 Å². The molecule has 202 valence electrons. The summed E-state index contributed by atoms with van der Waals surface area (Å²) in [4.78, 5) is 53.0. The van der Waals surface area contributed by atoms with Gasteiger partial charge in [0.2, 0.25) is 0 Å². The molecular formula is C25H25NO9S3. The number of carbonyl (C=O) groups excluding carboxylic acids is 4. The maximum Gasteiger partial charge on any atom is 0.345 e. The first-order chi connectivity index (χ1) is 18.0. The highest BCUT2D eigenvalue weighted by molar-refractivity contribution is 8.26. The van der Waals surface area contributed by atoms with Gasteiger partial charge in [0.15, 0.2) is 0 Å².